The van der Waals surface area contributed by atoms with Gasteiger partial charge in [0.15, 0.2) is 0 Å². The second-order valence-electron chi connectivity index (χ2n) is 7.69. The number of H-pyrrole nitrogens is 1. The molecule has 0 radical (unpaired) electrons. The molecule has 1 aliphatic heterocycles. The Morgan fingerprint density at radius 2 is 1.83 bits per heavy atom. The van der Waals surface area contributed by atoms with Gasteiger partial charge in [0.25, 0.3) is 5.91 Å². The molecule has 0 aliphatic carbocycles. The van der Waals surface area contributed by atoms with Crippen LogP contribution >= 0.6 is 0 Å². The molecule has 0 spiro atoms. The fourth-order valence-electron chi connectivity index (χ4n) is 3.64. The van der Waals surface area contributed by atoms with Crippen molar-refractivity contribution < 1.29 is 13.2 Å². The molecule has 152 valence electrons. The number of sulfonamides is 1. The summed E-state index contributed by atoms with van der Waals surface area (Å²) in [5, 5.41) is 3.59. The zero-order chi connectivity index (χ0) is 20.4. The van der Waals surface area contributed by atoms with Gasteiger partial charge in [0.05, 0.1) is 4.90 Å². The first-order valence-electron chi connectivity index (χ1n) is 9.88. The topological polar surface area (TPSA) is 82.3 Å². The van der Waals surface area contributed by atoms with E-state index in [0.29, 0.717) is 36.6 Å². The number of nitrogens with zero attached hydrogens (tertiary/aromatic N) is 1. The monoisotopic (exact) mass is 411 g/mol. The average Bonchev–Trinajstić information content (AvgIpc) is 3.16. The van der Waals surface area contributed by atoms with E-state index in [9.17, 15) is 13.2 Å². The Labute approximate surface area is 171 Å². The van der Waals surface area contributed by atoms with E-state index in [4.69, 9.17) is 0 Å². The van der Waals surface area contributed by atoms with E-state index in [1.807, 2.05) is 30.3 Å². The number of benzene rings is 2. The molecule has 2 N–H and O–H groups in total. The van der Waals surface area contributed by atoms with Crippen molar-refractivity contribution in [1.29, 1.82) is 0 Å². The number of fused-ring (bicyclic) bond motifs is 1. The van der Waals surface area contributed by atoms with Crippen molar-refractivity contribution in [2.75, 3.05) is 13.1 Å². The molecule has 0 atom stereocenters. The third-order valence-corrected chi connectivity index (χ3v) is 7.41. The van der Waals surface area contributed by atoms with Gasteiger partial charge in [-0.2, -0.15) is 4.31 Å². The van der Waals surface area contributed by atoms with Gasteiger partial charge >= 0.3 is 0 Å². The standard InChI is InChI=1S/C22H25N3O3S/c1-16-9-11-25(12-10-16)29(27,28)19-7-8-20-18(13-19)14-21(24-20)22(26)23-15-17-5-3-2-4-6-17/h2-8,13-14,16,24H,9-12,15H2,1H3,(H,23,26). The highest BCUT2D eigenvalue weighted by molar-refractivity contribution is 7.89. The molecule has 7 heteroatoms. The molecule has 1 amide bonds. The predicted molar refractivity (Wildman–Crippen MR) is 113 cm³/mol. The van der Waals surface area contributed by atoms with Crippen LogP contribution < -0.4 is 5.32 Å². The minimum absolute atomic E-state index is 0.223. The number of piperidine rings is 1. The lowest BCUT2D eigenvalue weighted by Gasteiger charge is -2.29. The number of aromatic amines is 1. The van der Waals surface area contributed by atoms with Crippen molar-refractivity contribution in [2.24, 2.45) is 5.92 Å². The number of aromatic nitrogens is 1. The van der Waals surface area contributed by atoms with E-state index in [0.717, 1.165) is 23.9 Å². The Balaban J connectivity index is 1.52. The Bertz CT molecular complexity index is 1110. The minimum atomic E-state index is -3.52. The van der Waals surface area contributed by atoms with E-state index >= 15 is 0 Å². The summed E-state index contributed by atoms with van der Waals surface area (Å²) in [6.45, 7) is 3.70. The second kappa shape index (κ2) is 8.00. The van der Waals surface area contributed by atoms with E-state index in [-0.39, 0.29) is 10.8 Å². The molecule has 1 saturated heterocycles. The molecule has 0 bridgehead atoms. The normalized spacial score (nSPS) is 16.2. The van der Waals surface area contributed by atoms with Crippen LogP contribution in [0.1, 0.15) is 35.8 Å². The fourth-order valence-corrected chi connectivity index (χ4v) is 5.15. The number of carbonyl (C=O) groups is 1. The molecule has 1 aromatic heterocycles. The smallest absolute Gasteiger partial charge is 0.267 e. The van der Waals surface area contributed by atoms with E-state index in [1.54, 1.807) is 28.6 Å². The van der Waals surface area contributed by atoms with Crippen LogP contribution in [0.25, 0.3) is 10.9 Å². The van der Waals surface area contributed by atoms with Crippen LogP contribution in [0.15, 0.2) is 59.5 Å². The Kier molecular flexibility index (Phi) is 5.43. The summed E-state index contributed by atoms with van der Waals surface area (Å²) in [6.07, 6.45) is 1.77. The maximum atomic E-state index is 13.0. The quantitative estimate of drug-likeness (QED) is 0.674. The van der Waals surface area contributed by atoms with Crippen molar-refractivity contribution in [3.05, 3.63) is 65.9 Å². The van der Waals surface area contributed by atoms with Crippen LogP contribution in [0.2, 0.25) is 0 Å². The number of nitrogens with one attached hydrogen (secondary N) is 2. The summed E-state index contributed by atoms with van der Waals surface area (Å²) in [6, 6.07) is 16.4. The maximum Gasteiger partial charge on any atom is 0.267 e. The van der Waals surface area contributed by atoms with Crippen LogP contribution in [0, 0.1) is 5.92 Å². The SMILES string of the molecule is CC1CCN(S(=O)(=O)c2ccc3[nH]c(C(=O)NCc4ccccc4)cc3c2)CC1. The van der Waals surface area contributed by atoms with Gasteiger partial charge in [-0.15, -0.1) is 0 Å². The van der Waals surface area contributed by atoms with Crippen LogP contribution in [0.4, 0.5) is 0 Å². The van der Waals surface area contributed by atoms with E-state index in [2.05, 4.69) is 17.2 Å². The summed E-state index contributed by atoms with van der Waals surface area (Å²) in [4.78, 5) is 15.8. The van der Waals surface area contributed by atoms with Gasteiger partial charge in [-0.3, -0.25) is 4.79 Å². The first kappa shape index (κ1) is 19.7. The molecule has 2 heterocycles. The third kappa shape index (κ3) is 4.21. The van der Waals surface area contributed by atoms with Gasteiger partial charge in [0.2, 0.25) is 10.0 Å². The lowest BCUT2D eigenvalue weighted by molar-refractivity contribution is 0.0946. The molecule has 6 nitrogen and oxygen atoms in total. The van der Waals surface area contributed by atoms with Gasteiger partial charge < -0.3 is 10.3 Å². The Morgan fingerprint density at radius 1 is 1.10 bits per heavy atom. The van der Waals surface area contributed by atoms with Gasteiger partial charge in [-0.1, -0.05) is 37.3 Å². The molecular weight excluding hydrogens is 386 g/mol. The number of hydrogen-bond donors (Lipinski definition) is 2. The molecule has 29 heavy (non-hydrogen) atoms. The number of rotatable bonds is 5. The van der Waals surface area contributed by atoms with Crippen LogP contribution in [-0.2, 0) is 16.6 Å². The van der Waals surface area contributed by atoms with Crippen molar-refractivity contribution >= 4 is 26.8 Å². The summed E-state index contributed by atoms with van der Waals surface area (Å²) >= 11 is 0. The van der Waals surface area contributed by atoms with Crippen molar-refractivity contribution in [2.45, 2.75) is 31.2 Å². The second-order valence-corrected chi connectivity index (χ2v) is 9.62. The van der Waals surface area contributed by atoms with Gasteiger partial charge in [-0.05, 0) is 48.6 Å². The highest BCUT2D eigenvalue weighted by Crippen LogP contribution is 2.26. The van der Waals surface area contributed by atoms with Crippen LogP contribution in [0.5, 0.6) is 0 Å². The molecule has 3 aromatic rings. The van der Waals surface area contributed by atoms with Gasteiger partial charge in [0, 0.05) is 30.5 Å². The van der Waals surface area contributed by atoms with Gasteiger partial charge in [0.1, 0.15) is 5.69 Å². The predicted octanol–water partition coefficient (Wildman–Crippen LogP) is 3.52. The zero-order valence-corrected chi connectivity index (χ0v) is 17.2. The molecule has 2 aromatic carbocycles. The molecule has 1 fully saturated rings. The Morgan fingerprint density at radius 3 is 2.55 bits per heavy atom. The third-order valence-electron chi connectivity index (χ3n) is 5.51. The minimum Gasteiger partial charge on any atom is -0.351 e. The highest BCUT2D eigenvalue weighted by Gasteiger charge is 2.28. The maximum absolute atomic E-state index is 13.0. The van der Waals surface area contributed by atoms with E-state index < -0.39 is 10.0 Å². The van der Waals surface area contributed by atoms with Crippen LogP contribution in [0.3, 0.4) is 0 Å². The lowest BCUT2D eigenvalue weighted by Crippen LogP contribution is -2.37. The largest absolute Gasteiger partial charge is 0.351 e. The summed E-state index contributed by atoms with van der Waals surface area (Å²) in [5.74, 6) is 0.338. The molecule has 0 saturated carbocycles. The molecular formula is C22H25N3O3S. The van der Waals surface area contributed by atoms with Crippen LogP contribution in [-0.4, -0.2) is 36.7 Å². The molecule has 4 rings (SSSR count). The average molecular weight is 412 g/mol. The summed E-state index contributed by atoms with van der Waals surface area (Å²) in [7, 11) is -3.52. The van der Waals surface area contributed by atoms with Crippen molar-refractivity contribution in [3.8, 4) is 0 Å². The fraction of sp³-hybridized carbons (Fsp3) is 0.318. The van der Waals surface area contributed by atoms with Crippen molar-refractivity contribution in [3.63, 3.8) is 0 Å². The number of hydrogen-bond acceptors (Lipinski definition) is 3. The Hall–Kier alpha value is -2.64. The number of amides is 1. The summed E-state index contributed by atoms with van der Waals surface area (Å²) in [5.41, 5.74) is 2.17. The highest BCUT2D eigenvalue weighted by atomic mass is 32.2. The zero-order valence-electron chi connectivity index (χ0n) is 16.4. The molecule has 0 unspecified atom stereocenters. The van der Waals surface area contributed by atoms with Crippen molar-refractivity contribution in [1.82, 2.24) is 14.6 Å². The first-order chi connectivity index (χ1) is 13.9. The lowest BCUT2D eigenvalue weighted by atomic mass is 10.0. The first-order valence-corrected chi connectivity index (χ1v) is 11.3. The summed E-state index contributed by atoms with van der Waals surface area (Å²) < 4.78 is 27.5. The number of carbonyl (C=O) groups excluding carboxylic acids is 1. The van der Waals surface area contributed by atoms with E-state index in [1.165, 1.54) is 0 Å². The molecule has 1 aliphatic rings. The van der Waals surface area contributed by atoms with Gasteiger partial charge in [-0.25, -0.2) is 8.42 Å².